The minimum Gasteiger partial charge on any atom is -0.494 e. The first kappa shape index (κ1) is 20.2. The van der Waals surface area contributed by atoms with Crippen molar-refractivity contribution in [1.29, 1.82) is 0 Å². The fraction of sp³-hybridized carbons (Fsp3) is 0.158. The molecule has 146 valence electrons. The van der Waals surface area contributed by atoms with Crippen LogP contribution in [0.1, 0.15) is 12.5 Å². The molecular weight excluding hydrogens is 484 g/mol. The van der Waals surface area contributed by atoms with E-state index in [2.05, 4.69) is 43.2 Å². The molecular formula is C19H16F3IN4O. The van der Waals surface area contributed by atoms with Crippen LogP contribution in [0.4, 0.5) is 36.3 Å². The Morgan fingerprint density at radius 1 is 0.964 bits per heavy atom. The van der Waals surface area contributed by atoms with Crippen LogP contribution in [-0.4, -0.2) is 16.6 Å². The third-order valence-electron chi connectivity index (χ3n) is 3.62. The van der Waals surface area contributed by atoms with Crippen LogP contribution in [0.15, 0.2) is 54.7 Å². The van der Waals surface area contributed by atoms with Crippen molar-refractivity contribution >= 4 is 45.7 Å². The number of aromatic nitrogens is 2. The Morgan fingerprint density at radius 3 is 2.18 bits per heavy atom. The molecule has 1 aromatic heterocycles. The van der Waals surface area contributed by atoms with Gasteiger partial charge in [0.1, 0.15) is 17.1 Å². The highest BCUT2D eigenvalue weighted by Crippen LogP contribution is 2.35. The predicted octanol–water partition coefficient (Wildman–Crippen LogP) is 5.99. The molecule has 0 bridgehead atoms. The number of hydrogen-bond donors (Lipinski definition) is 2. The van der Waals surface area contributed by atoms with Gasteiger partial charge >= 0.3 is 6.18 Å². The second-order valence-corrected chi connectivity index (χ2v) is 6.91. The van der Waals surface area contributed by atoms with Gasteiger partial charge in [-0.2, -0.15) is 18.2 Å². The Morgan fingerprint density at radius 2 is 1.57 bits per heavy atom. The summed E-state index contributed by atoms with van der Waals surface area (Å²) in [5.41, 5.74) is 0.176. The Labute approximate surface area is 173 Å². The molecule has 2 aromatic carbocycles. The number of alkyl halides is 3. The normalized spacial score (nSPS) is 11.2. The monoisotopic (exact) mass is 500 g/mol. The van der Waals surface area contributed by atoms with Crippen molar-refractivity contribution in [3.63, 3.8) is 0 Å². The van der Waals surface area contributed by atoms with Gasteiger partial charge in [0, 0.05) is 21.1 Å². The molecule has 0 saturated carbocycles. The van der Waals surface area contributed by atoms with E-state index in [0.29, 0.717) is 23.7 Å². The van der Waals surface area contributed by atoms with E-state index in [0.717, 1.165) is 9.77 Å². The van der Waals surface area contributed by atoms with E-state index in [9.17, 15) is 13.2 Å². The fourth-order valence-corrected chi connectivity index (χ4v) is 2.70. The largest absolute Gasteiger partial charge is 0.494 e. The first-order valence-electron chi connectivity index (χ1n) is 8.32. The quantitative estimate of drug-likeness (QED) is 0.408. The lowest BCUT2D eigenvalue weighted by atomic mass is 10.2. The molecule has 2 N–H and O–H groups in total. The van der Waals surface area contributed by atoms with Crippen molar-refractivity contribution in [3.8, 4) is 5.75 Å². The summed E-state index contributed by atoms with van der Waals surface area (Å²) in [6.07, 6.45) is -3.83. The van der Waals surface area contributed by atoms with E-state index in [1.807, 2.05) is 19.1 Å². The molecule has 0 aliphatic rings. The smallest absolute Gasteiger partial charge is 0.421 e. The molecule has 9 heteroatoms. The van der Waals surface area contributed by atoms with Crippen LogP contribution in [0.3, 0.4) is 0 Å². The maximum Gasteiger partial charge on any atom is 0.421 e. The lowest BCUT2D eigenvalue weighted by Gasteiger charge is -2.15. The van der Waals surface area contributed by atoms with Crippen LogP contribution < -0.4 is 15.4 Å². The van der Waals surface area contributed by atoms with Crippen LogP contribution in [0.5, 0.6) is 5.75 Å². The van der Waals surface area contributed by atoms with Crippen molar-refractivity contribution in [3.05, 3.63) is 63.9 Å². The van der Waals surface area contributed by atoms with Gasteiger partial charge in [0.25, 0.3) is 0 Å². The van der Waals surface area contributed by atoms with E-state index in [1.165, 1.54) is 0 Å². The highest BCUT2D eigenvalue weighted by atomic mass is 127. The molecule has 0 spiro atoms. The number of ether oxygens (including phenoxy) is 1. The zero-order chi connectivity index (χ0) is 20.1. The number of rotatable bonds is 6. The zero-order valence-electron chi connectivity index (χ0n) is 14.7. The number of nitrogens with zero attached hydrogens (tertiary/aromatic N) is 2. The van der Waals surface area contributed by atoms with Gasteiger partial charge in [0.2, 0.25) is 5.95 Å². The molecule has 28 heavy (non-hydrogen) atoms. The van der Waals surface area contributed by atoms with Crippen molar-refractivity contribution in [2.75, 3.05) is 17.2 Å². The summed E-state index contributed by atoms with van der Waals surface area (Å²) in [5, 5.41) is 5.62. The molecule has 0 aliphatic carbocycles. The van der Waals surface area contributed by atoms with Gasteiger partial charge in [-0.15, -0.1) is 0 Å². The maximum atomic E-state index is 13.4. The van der Waals surface area contributed by atoms with Gasteiger partial charge in [-0.3, -0.25) is 0 Å². The lowest BCUT2D eigenvalue weighted by molar-refractivity contribution is -0.137. The average Bonchev–Trinajstić information content (AvgIpc) is 2.65. The summed E-state index contributed by atoms with van der Waals surface area (Å²) >= 11 is 2.16. The van der Waals surface area contributed by atoms with Gasteiger partial charge in [0.15, 0.2) is 0 Å². The highest BCUT2D eigenvalue weighted by molar-refractivity contribution is 14.1. The highest BCUT2D eigenvalue weighted by Gasteiger charge is 2.35. The SMILES string of the molecule is CCOc1ccc(Nc2nc(Nc3ccc(I)cc3)ncc2C(F)(F)F)cc1. The first-order valence-corrected chi connectivity index (χ1v) is 9.40. The summed E-state index contributed by atoms with van der Waals surface area (Å²) in [5.74, 6) is 0.357. The molecule has 3 aromatic rings. The van der Waals surface area contributed by atoms with Gasteiger partial charge < -0.3 is 15.4 Å². The summed E-state index contributed by atoms with van der Waals surface area (Å²) < 4.78 is 46.4. The van der Waals surface area contributed by atoms with Crippen molar-refractivity contribution in [2.24, 2.45) is 0 Å². The standard InChI is InChI=1S/C19H16F3IN4O/c1-2-28-15-9-7-13(8-10-15)25-17-16(19(20,21)22)11-24-18(27-17)26-14-5-3-12(23)4-6-14/h3-11H,2H2,1H3,(H2,24,25,26,27). The van der Waals surface area contributed by atoms with Crippen molar-refractivity contribution in [2.45, 2.75) is 13.1 Å². The van der Waals surface area contributed by atoms with Crippen molar-refractivity contribution in [1.82, 2.24) is 9.97 Å². The van der Waals surface area contributed by atoms with Crippen LogP contribution in [0.25, 0.3) is 0 Å². The molecule has 0 unspecified atom stereocenters. The molecule has 0 atom stereocenters. The molecule has 1 heterocycles. The number of halogens is 4. The molecule has 3 rings (SSSR count). The molecule has 0 radical (unpaired) electrons. The molecule has 0 saturated heterocycles. The van der Waals surface area contributed by atoms with E-state index in [1.54, 1.807) is 36.4 Å². The van der Waals surface area contributed by atoms with E-state index in [-0.39, 0.29) is 11.8 Å². The lowest BCUT2D eigenvalue weighted by Crippen LogP contribution is -2.12. The Balaban J connectivity index is 1.88. The Hall–Kier alpha value is -2.56. The second-order valence-electron chi connectivity index (χ2n) is 5.67. The fourth-order valence-electron chi connectivity index (χ4n) is 2.34. The first-order chi connectivity index (χ1) is 13.3. The zero-order valence-corrected chi connectivity index (χ0v) is 16.9. The predicted molar refractivity (Wildman–Crippen MR) is 110 cm³/mol. The van der Waals surface area contributed by atoms with E-state index >= 15 is 0 Å². The summed E-state index contributed by atoms with van der Waals surface area (Å²) in [7, 11) is 0. The van der Waals surface area contributed by atoms with Gasteiger partial charge in [-0.25, -0.2) is 4.98 Å². The van der Waals surface area contributed by atoms with Crippen LogP contribution >= 0.6 is 22.6 Å². The van der Waals surface area contributed by atoms with Crippen LogP contribution in [0.2, 0.25) is 0 Å². The topological polar surface area (TPSA) is 59.1 Å². The summed E-state index contributed by atoms with van der Waals surface area (Å²) in [6, 6.07) is 13.9. The van der Waals surface area contributed by atoms with E-state index in [4.69, 9.17) is 4.74 Å². The Bertz CT molecular complexity index is 931. The molecule has 0 fully saturated rings. The minimum atomic E-state index is -4.59. The molecule has 5 nitrogen and oxygen atoms in total. The van der Waals surface area contributed by atoms with Gasteiger partial charge in [-0.1, -0.05) is 0 Å². The number of nitrogens with one attached hydrogen (secondary N) is 2. The van der Waals surface area contributed by atoms with Crippen molar-refractivity contribution < 1.29 is 17.9 Å². The second kappa shape index (κ2) is 8.63. The number of hydrogen-bond acceptors (Lipinski definition) is 5. The van der Waals surface area contributed by atoms with Gasteiger partial charge in [-0.05, 0) is 78.0 Å². The maximum absolute atomic E-state index is 13.4. The molecule has 0 aliphatic heterocycles. The third kappa shape index (κ3) is 5.24. The van der Waals surface area contributed by atoms with E-state index < -0.39 is 11.7 Å². The van der Waals surface area contributed by atoms with Crippen LogP contribution in [-0.2, 0) is 6.18 Å². The summed E-state index contributed by atoms with van der Waals surface area (Å²) in [6.45, 7) is 2.36. The number of benzene rings is 2. The van der Waals surface area contributed by atoms with Crippen LogP contribution in [0, 0.1) is 3.57 Å². The third-order valence-corrected chi connectivity index (χ3v) is 4.34. The minimum absolute atomic E-state index is 0.0580. The Kier molecular flexibility index (Phi) is 6.22. The number of anilines is 4. The van der Waals surface area contributed by atoms with Gasteiger partial charge in [0.05, 0.1) is 6.61 Å². The average molecular weight is 500 g/mol. The summed E-state index contributed by atoms with van der Waals surface area (Å²) in [4.78, 5) is 7.82. The molecule has 0 amide bonds.